The van der Waals surface area contributed by atoms with Crippen molar-refractivity contribution in [1.29, 1.82) is 0 Å². The fourth-order valence-electron chi connectivity index (χ4n) is 2.23. The van der Waals surface area contributed by atoms with Crippen LogP contribution in [0.2, 0.25) is 0 Å². The molecule has 0 saturated carbocycles. The maximum Gasteiger partial charge on any atom is 0.175 e. The highest BCUT2D eigenvalue weighted by Crippen LogP contribution is 2.41. The molecule has 0 radical (unpaired) electrons. The van der Waals surface area contributed by atoms with Crippen molar-refractivity contribution in [3.8, 4) is 22.8 Å². The van der Waals surface area contributed by atoms with Gasteiger partial charge in [-0.3, -0.25) is 0 Å². The molecule has 0 unspecified atom stereocenters. The number of nitrogen functional groups attached to an aromatic ring is 1. The molecule has 0 saturated heterocycles. The van der Waals surface area contributed by atoms with E-state index in [2.05, 4.69) is 20.9 Å². The van der Waals surface area contributed by atoms with Gasteiger partial charge in [0, 0.05) is 18.5 Å². The third-order valence-corrected chi connectivity index (χ3v) is 3.88. The average Bonchev–Trinajstić information content (AvgIpc) is 2.66. The molecule has 0 fully saturated rings. The molecule has 1 aliphatic heterocycles. The zero-order chi connectivity index (χ0) is 14.1. The zero-order valence-corrected chi connectivity index (χ0v) is 12.8. The number of nitrogens with zero attached hydrogens (tertiary/aromatic N) is 2. The molecule has 0 amide bonds. The lowest BCUT2D eigenvalue weighted by atomic mass is 10.1. The van der Waals surface area contributed by atoms with Gasteiger partial charge in [0.15, 0.2) is 11.5 Å². The average molecular weight is 338 g/mol. The second kappa shape index (κ2) is 5.36. The van der Waals surface area contributed by atoms with Crippen LogP contribution in [0.15, 0.2) is 22.9 Å². The Morgan fingerprint density at radius 1 is 1.35 bits per heavy atom. The first-order valence-electron chi connectivity index (χ1n) is 6.60. The van der Waals surface area contributed by atoms with E-state index in [1.807, 2.05) is 23.6 Å². The molecular weight excluding hydrogens is 322 g/mol. The summed E-state index contributed by atoms with van der Waals surface area (Å²) in [5, 5.41) is 0. The van der Waals surface area contributed by atoms with Gasteiger partial charge < -0.3 is 19.8 Å². The molecule has 3 rings (SSSR count). The fraction of sp³-hybridized carbons (Fsp3) is 0.357. The van der Waals surface area contributed by atoms with Crippen molar-refractivity contribution >= 4 is 21.7 Å². The third-order valence-electron chi connectivity index (χ3n) is 3.29. The van der Waals surface area contributed by atoms with Gasteiger partial charge >= 0.3 is 0 Å². The van der Waals surface area contributed by atoms with Gasteiger partial charge in [0.05, 0.1) is 24.0 Å². The first kappa shape index (κ1) is 13.3. The first-order valence-corrected chi connectivity index (χ1v) is 7.40. The number of benzene rings is 1. The summed E-state index contributed by atoms with van der Waals surface area (Å²) in [6, 6.07) is 3.90. The Hall–Kier alpha value is -1.69. The smallest absolute Gasteiger partial charge is 0.175 e. The van der Waals surface area contributed by atoms with Gasteiger partial charge in [0.1, 0.15) is 11.5 Å². The number of imidazole rings is 1. The second-order valence-electron chi connectivity index (χ2n) is 4.60. The van der Waals surface area contributed by atoms with Crippen LogP contribution in [-0.2, 0) is 6.54 Å². The van der Waals surface area contributed by atoms with Gasteiger partial charge in [-0.2, -0.15) is 0 Å². The van der Waals surface area contributed by atoms with Gasteiger partial charge in [0.2, 0.25) is 0 Å². The highest BCUT2D eigenvalue weighted by molar-refractivity contribution is 9.10. The van der Waals surface area contributed by atoms with E-state index in [9.17, 15) is 0 Å². The molecule has 0 aliphatic carbocycles. The number of halogens is 1. The summed E-state index contributed by atoms with van der Waals surface area (Å²) in [6.07, 6.45) is 2.63. The largest absolute Gasteiger partial charge is 0.489 e. The van der Waals surface area contributed by atoms with Crippen LogP contribution in [0.3, 0.4) is 0 Å². The fourth-order valence-corrected chi connectivity index (χ4v) is 2.79. The van der Waals surface area contributed by atoms with E-state index in [4.69, 9.17) is 15.2 Å². The summed E-state index contributed by atoms with van der Waals surface area (Å²) in [5.41, 5.74) is 7.80. The minimum atomic E-state index is 0.655. The molecule has 2 N–H and O–H groups in total. The van der Waals surface area contributed by atoms with Crippen LogP contribution in [0.4, 0.5) is 5.82 Å². The van der Waals surface area contributed by atoms with Crippen molar-refractivity contribution in [1.82, 2.24) is 9.55 Å². The van der Waals surface area contributed by atoms with Crippen molar-refractivity contribution in [3.05, 3.63) is 22.9 Å². The molecule has 1 aliphatic rings. The number of nitrogens with two attached hydrogens (primary N) is 1. The molecule has 5 nitrogen and oxygen atoms in total. The SMILES string of the molecule is CCn1cnc(-c2cc(Br)c3c(c2)OCCCO3)c1N. The van der Waals surface area contributed by atoms with Crippen LogP contribution >= 0.6 is 15.9 Å². The Bertz CT molecular complexity index is 640. The summed E-state index contributed by atoms with van der Waals surface area (Å²) >= 11 is 3.53. The Morgan fingerprint density at radius 3 is 2.90 bits per heavy atom. The van der Waals surface area contributed by atoms with E-state index in [-0.39, 0.29) is 0 Å². The summed E-state index contributed by atoms with van der Waals surface area (Å²) < 4.78 is 14.2. The monoisotopic (exact) mass is 337 g/mol. The van der Waals surface area contributed by atoms with Gasteiger partial charge in [-0.05, 0) is 35.0 Å². The van der Waals surface area contributed by atoms with Crippen LogP contribution in [0.5, 0.6) is 11.5 Å². The van der Waals surface area contributed by atoms with Crippen molar-refractivity contribution in [2.75, 3.05) is 18.9 Å². The number of hydrogen-bond donors (Lipinski definition) is 1. The molecule has 106 valence electrons. The summed E-state index contributed by atoms with van der Waals surface area (Å²) in [5.74, 6) is 2.14. The van der Waals surface area contributed by atoms with Crippen molar-refractivity contribution in [3.63, 3.8) is 0 Å². The lowest BCUT2D eigenvalue weighted by molar-refractivity contribution is 0.296. The highest BCUT2D eigenvalue weighted by atomic mass is 79.9. The standard InChI is InChI=1S/C14H16BrN3O2/c1-2-18-8-17-12(14(18)16)9-6-10(15)13-11(7-9)19-4-3-5-20-13/h6-8H,2-5,16H2,1H3. The van der Waals surface area contributed by atoms with E-state index in [1.165, 1.54) is 0 Å². The van der Waals surface area contributed by atoms with Gasteiger partial charge in [0.25, 0.3) is 0 Å². The number of anilines is 1. The maximum absolute atomic E-state index is 6.12. The number of fused-ring (bicyclic) bond motifs is 1. The predicted octanol–water partition coefficient (Wildman–Crippen LogP) is 3.08. The highest BCUT2D eigenvalue weighted by Gasteiger charge is 2.18. The first-order chi connectivity index (χ1) is 9.70. The summed E-state index contributed by atoms with van der Waals surface area (Å²) in [7, 11) is 0. The molecule has 0 atom stereocenters. The molecule has 6 heteroatoms. The minimum Gasteiger partial charge on any atom is -0.489 e. The molecule has 1 aromatic carbocycles. The Labute approximate surface area is 125 Å². The van der Waals surface area contributed by atoms with E-state index >= 15 is 0 Å². The molecule has 2 aromatic rings. The van der Waals surface area contributed by atoms with Crippen molar-refractivity contribution < 1.29 is 9.47 Å². The molecular formula is C14H16BrN3O2. The summed E-state index contributed by atoms with van der Waals surface area (Å²) in [6.45, 7) is 4.15. The molecule has 0 spiro atoms. The number of aryl methyl sites for hydroxylation is 1. The third kappa shape index (κ3) is 2.24. The quantitative estimate of drug-likeness (QED) is 0.914. The normalized spacial score (nSPS) is 14.1. The second-order valence-corrected chi connectivity index (χ2v) is 5.45. The van der Waals surface area contributed by atoms with E-state index < -0.39 is 0 Å². The molecule has 20 heavy (non-hydrogen) atoms. The Morgan fingerprint density at radius 2 is 2.15 bits per heavy atom. The number of aromatic nitrogens is 2. The van der Waals surface area contributed by atoms with Crippen LogP contribution in [0, 0.1) is 0 Å². The van der Waals surface area contributed by atoms with Crippen LogP contribution in [0.25, 0.3) is 11.3 Å². The maximum atomic E-state index is 6.12. The topological polar surface area (TPSA) is 62.3 Å². The lowest BCUT2D eigenvalue weighted by Gasteiger charge is -2.11. The van der Waals surface area contributed by atoms with E-state index in [0.29, 0.717) is 19.0 Å². The lowest BCUT2D eigenvalue weighted by Crippen LogP contribution is -2.00. The van der Waals surface area contributed by atoms with E-state index in [1.54, 1.807) is 6.33 Å². The van der Waals surface area contributed by atoms with Crippen LogP contribution in [0.1, 0.15) is 13.3 Å². The van der Waals surface area contributed by atoms with Crippen LogP contribution < -0.4 is 15.2 Å². The van der Waals surface area contributed by atoms with Crippen molar-refractivity contribution in [2.24, 2.45) is 0 Å². The number of hydrogen-bond acceptors (Lipinski definition) is 4. The van der Waals surface area contributed by atoms with Crippen LogP contribution in [-0.4, -0.2) is 22.8 Å². The minimum absolute atomic E-state index is 0.655. The molecule has 1 aromatic heterocycles. The molecule has 2 heterocycles. The van der Waals surface area contributed by atoms with Crippen molar-refractivity contribution in [2.45, 2.75) is 19.9 Å². The number of ether oxygens (including phenoxy) is 2. The Balaban J connectivity index is 2.08. The van der Waals surface area contributed by atoms with E-state index in [0.717, 1.165) is 40.2 Å². The van der Waals surface area contributed by atoms with Gasteiger partial charge in [-0.15, -0.1) is 0 Å². The predicted molar refractivity (Wildman–Crippen MR) is 81.1 cm³/mol. The molecule has 0 bridgehead atoms. The van der Waals surface area contributed by atoms with Gasteiger partial charge in [-0.25, -0.2) is 4.98 Å². The summed E-state index contributed by atoms with van der Waals surface area (Å²) in [4.78, 5) is 4.39. The Kier molecular flexibility index (Phi) is 3.56. The van der Waals surface area contributed by atoms with Gasteiger partial charge in [-0.1, -0.05) is 0 Å². The zero-order valence-electron chi connectivity index (χ0n) is 11.2. The number of rotatable bonds is 2.